The molecule has 0 spiro atoms. The van der Waals surface area contributed by atoms with Gasteiger partial charge >= 0.3 is 12.4 Å². The summed E-state index contributed by atoms with van der Waals surface area (Å²) in [5.41, 5.74) is -3.52. The molecule has 1 rings (SSSR count). The van der Waals surface area contributed by atoms with Gasteiger partial charge in [-0.05, 0) is 18.1 Å². The van der Waals surface area contributed by atoms with Gasteiger partial charge in [0, 0.05) is 6.20 Å². The fraction of sp³-hybridized carbons (Fsp3) is 0.444. The van der Waals surface area contributed by atoms with Crippen molar-refractivity contribution in [2.45, 2.75) is 25.7 Å². The molecule has 16 heavy (non-hydrogen) atoms. The van der Waals surface area contributed by atoms with Crippen LogP contribution in [0.4, 0.5) is 26.3 Å². The molecule has 0 aromatic carbocycles. The second kappa shape index (κ2) is 3.95. The first-order valence-electron chi connectivity index (χ1n) is 4.29. The average molecular weight is 243 g/mol. The van der Waals surface area contributed by atoms with Gasteiger partial charge in [0.25, 0.3) is 0 Å². The first kappa shape index (κ1) is 12.8. The van der Waals surface area contributed by atoms with Gasteiger partial charge in [0.15, 0.2) is 5.69 Å². The summed E-state index contributed by atoms with van der Waals surface area (Å²) in [6, 6.07) is 0.482. The van der Waals surface area contributed by atoms with Crippen LogP contribution in [0.2, 0.25) is 0 Å². The fourth-order valence-electron chi connectivity index (χ4n) is 1.14. The minimum absolute atomic E-state index is 0.111. The molecular weight excluding hydrogens is 236 g/mol. The van der Waals surface area contributed by atoms with Crippen LogP contribution in [0.3, 0.4) is 0 Å². The van der Waals surface area contributed by atoms with Crippen LogP contribution in [0.1, 0.15) is 23.7 Å². The lowest BCUT2D eigenvalue weighted by Gasteiger charge is -2.14. The van der Waals surface area contributed by atoms with Crippen LogP contribution in [0.15, 0.2) is 12.3 Å². The topological polar surface area (TPSA) is 12.9 Å². The van der Waals surface area contributed by atoms with Gasteiger partial charge < -0.3 is 0 Å². The number of hydrogen-bond acceptors (Lipinski definition) is 1. The Kier molecular flexibility index (Phi) is 3.16. The molecule has 0 fully saturated rings. The van der Waals surface area contributed by atoms with Crippen molar-refractivity contribution in [3.8, 4) is 0 Å². The zero-order valence-electron chi connectivity index (χ0n) is 8.08. The van der Waals surface area contributed by atoms with Gasteiger partial charge in [0.05, 0.1) is 5.56 Å². The van der Waals surface area contributed by atoms with Gasteiger partial charge in [-0.2, -0.15) is 26.3 Å². The molecule has 0 bridgehead atoms. The van der Waals surface area contributed by atoms with E-state index >= 15 is 0 Å². The predicted octanol–water partition coefficient (Wildman–Crippen LogP) is 3.68. The molecule has 0 amide bonds. The van der Waals surface area contributed by atoms with Crippen molar-refractivity contribution in [3.05, 3.63) is 29.1 Å². The molecule has 1 aromatic rings. The van der Waals surface area contributed by atoms with E-state index in [0.717, 1.165) is 6.20 Å². The summed E-state index contributed by atoms with van der Waals surface area (Å²) in [6.07, 6.45) is -9.16. The third-order valence-corrected chi connectivity index (χ3v) is 1.93. The molecule has 1 nitrogen and oxygen atoms in total. The van der Waals surface area contributed by atoms with Crippen LogP contribution in [0.5, 0.6) is 0 Å². The van der Waals surface area contributed by atoms with Crippen molar-refractivity contribution in [2.24, 2.45) is 0 Å². The second-order valence-corrected chi connectivity index (χ2v) is 3.09. The lowest BCUT2D eigenvalue weighted by atomic mass is 10.1. The molecule has 0 unspecified atom stereocenters. The summed E-state index contributed by atoms with van der Waals surface area (Å²) in [7, 11) is 0. The lowest BCUT2D eigenvalue weighted by Crippen LogP contribution is -2.18. The fourth-order valence-corrected chi connectivity index (χ4v) is 1.14. The number of aromatic nitrogens is 1. The number of nitrogens with zero attached hydrogens (tertiary/aromatic N) is 1. The highest BCUT2D eigenvalue weighted by molar-refractivity contribution is 5.29. The zero-order chi connectivity index (χ0) is 12.6. The molecule has 1 aromatic heterocycles. The van der Waals surface area contributed by atoms with E-state index in [9.17, 15) is 26.3 Å². The second-order valence-electron chi connectivity index (χ2n) is 3.09. The van der Waals surface area contributed by atoms with Crippen molar-refractivity contribution in [1.82, 2.24) is 4.98 Å². The summed E-state index contributed by atoms with van der Waals surface area (Å²) in [6.45, 7) is 1.53. The summed E-state index contributed by atoms with van der Waals surface area (Å²) >= 11 is 0. The molecule has 0 aliphatic carbocycles. The highest BCUT2D eigenvalue weighted by atomic mass is 19.4. The third kappa shape index (κ3) is 2.65. The summed E-state index contributed by atoms with van der Waals surface area (Å²) in [5.74, 6) is 0. The Labute approximate surface area is 87.1 Å². The SMILES string of the molecule is CCc1cnc(C(F)(F)F)c(C(F)(F)F)c1. The van der Waals surface area contributed by atoms with Gasteiger partial charge in [0.2, 0.25) is 0 Å². The van der Waals surface area contributed by atoms with Crippen molar-refractivity contribution < 1.29 is 26.3 Å². The first-order chi connectivity index (χ1) is 7.16. The maximum atomic E-state index is 12.4. The lowest BCUT2D eigenvalue weighted by molar-refractivity contribution is -0.164. The van der Waals surface area contributed by atoms with Crippen molar-refractivity contribution in [3.63, 3.8) is 0 Å². The van der Waals surface area contributed by atoms with E-state index in [1.165, 1.54) is 6.92 Å². The van der Waals surface area contributed by atoms with Crippen molar-refractivity contribution >= 4 is 0 Å². The maximum Gasteiger partial charge on any atom is 0.433 e. The highest BCUT2D eigenvalue weighted by Gasteiger charge is 2.44. The maximum absolute atomic E-state index is 12.4. The van der Waals surface area contributed by atoms with E-state index in [1.54, 1.807) is 0 Å². The minimum atomic E-state index is -5.10. The van der Waals surface area contributed by atoms with E-state index in [4.69, 9.17) is 0 Å². The first-order valence-corrected chi connectivity index (χ1v) is 4.29. The molecular formula is C9H7F6N. The number of rotatable bonds is 1. The average Bonchev–Trinajstić information content (AvgIpc) is 2.14. The van der Waals surface area contributed by atoms with Gasteiger partial charge in [-0.3, -0.25) is 4.98 Å². The number of halogens is 6. The van der Waals surface area contributed by atoms with E-state index in [0.29, 0.717) is 6.07 Å². The van der Waals surface area contributed by atoms with E-state index in [1.807, 2.05) is 0 Å². The van der Waals surface area contributed by atoms with E-state index in [2.05, 4.69) is 4.98 Å². The summed E-state index contributed by atoms with van der Waals surface area (Å²) in [5, 5.41) is 0. The minimum Gasteiger partial charge on any atom is -0.251 e. The number of aryl methyl sites for hydroxylation is 1. The van der Waals surface area contributed by atoms with Crippen molar-refractivity contribution in [1.29, 1.82) is 0 Å². The van der Waals surface area contributed by atoms with Crippen molar-refractivity contribution in [2.75, 3.05) is 0 Å². The molecule has 0 aliphatic heterocycles. The molecule has 7 heteroatoms. The predicted molar refractivity (Wildman–Crippen MR) is 43.6 cm³/mol. The molecule has 90 valence electrons. The van der Waals surface area contributed by atoms with E-state index in [-0.39, 0.29) is 12.0 Å². The van der Waals surface area contributed by atoms with Gasteiger partial charge in [0.1, 0.15) is 0 Å². The Bertz CT molecular complexity index is 379. The molecule has 0 saturated carbocycles. The van der Waals surface area contributed by atoms with Crippen LogP contribution in [-0.4, -0.2) is 4.98 Å². The van der Waals surface area contributed by atoms with Gasteiger partial charge in [-0.25, -0.2) is 0 Å². The Morgan fingerprint density at radius 2 is 1.62 bits per heavy atom. The highest BCUT2D eigenvalue weighted by Crippen LogP contribution is 2.39. The Morgan fingerprint density at radius 1 is 1.06 bits per heavy atom. The molecule has 0 saturated heterocycles. The summed E-state index contributed by atoms with van der Waals surface area (Å²) in [4.78, 5) is 2.84. The molecule has 0 N–H and O–H groups in total. The number of pyridine rings is 1. The smallest absolute Gasteiger partial charge is 0.251 e. The summed E-state index contributed by atoms with van der Waals surface area (Å²) < 4.78 is 73.8. The molecule has 0 aliphatic rings. The van der Waals surface area contributed by atoms with Crippen LogP contribution < -0.4 is 0 Å². The quantitative estimate of drug-likeness (QED) is 0.685. The monoisotopic (exact) mass is 243 g/mol. The van der Waals surface area contributed by atoms with Crippen LogP contribution in [-0.2, 0) is 18.8 Å². The van der Waals surface area contributed by atoms with Gasteiger partial charge in [-0.15, -0.1) is 0 Å². The van der Waals surface area contributed by atoms with Crippen LogP contribution in [0, 0.1) is 0 Å². The molecule has 0 atom stereocenters. The van der Waals surface area contributed by atoms with Crippen LogP contribution >= 0.6 is 0 Å². The Balaban J connectivity index is 3.40. The van der Waals surface area contributed by atoms with Crippen LogP contribution in [0.25, 0.3) is 0 Å². The number of hydrogen-bond donors (Lipinski definition) is 0. The Hall–Kier alpha value is -1.27. The number of alkyl halides is 6. The Morgan fingerprint density at radius 3 is 2.00 bits per heavy atom. The third-order valence-electron chi connectivity index (χ3n) is 1.93. The zero-order valence-corrected chi connectivity index (χ0v) is 8.08. The normalized spacial score (nSPS) is 12.9. The molecule has 0 radical (unpaired) electrons. The molecule has 1 heterocycles. The largest absolute Gasteiger partial charge is 0.433 e. The van der Waals surface area contributed by atoms with Gasteiger partial charge in [-0.1, -0.05) is 6.92 Å². The van der Waals surface area contributed by atoms with E-state index < -0.39 is 23.6 Å². The standard InChI is InChI=1S/C9H7F6N/c1-2-5-3-6(8(10,11)12)7(16-4-5)9(13,14)15/h3-4H,2H2,1H3.